The summed E-state index contributed by atoms with van der Waals surface area (Å²) in [7, 11) is 0. The molecule has 2 N–H and O–H groups in total. The molecule has 0 unspecified atom stereocenters. The van der Waals surface area contributed by atoms with E-state index in [0.29, 0.717) is 10.6 Å². The Bertz CT molecular complexity index is 612. The van der Waals surface area contributed by atoms with Crippen molar-refractivity contribution in [1.82, 2.24) is 4.98 Å². The van der Waals surface area contributed by atoms with E-state index in [1.165, 1.54) is 17.8 Å². The number of nitrogens with zero attached hydrogens (tertiary/aromatic N) is 1. The third-order valence-corrected chi connectivity index (χ3v) is 3.82. The Morgan fingerprint density at radius 1 is 1.20 bits per heavy atom. The van der Waals surface area contributed by atoms with Gasteiger partial charge < -0.3 is 5.73 Å². The Balaban J connectivity index is 2.11. The number of nitrogens with two attached hydrogens (primary N) is 1. The Kier molecular flexibility index (Phi) is 4.23. The summed E-state index contributed by atoms with van der Waals surface area (Å²) in [5.74, 6) is 0.615. The van der Waals surface area contributed by atoms with Gasteiger partial charge in [-0.3, -0.25) is 4.98 Å². The normalized spacial score (nSPS) is 11.6. The number of thioether (sulfide) groups is 1. The van der Waals surface area contributed by atoms with E-state index in [2.05, 4.69) is 4.98 Å². The Labute approximate surface area is 119 Å². The van der Waals surface area contributed by atoms with Crippen LogP contribution in [0.2, 0.25) is 0 Å². The van der Waals surface area contributed by atoms with Crippen molar-refractivity contribution < 1.29 is 13.2 Å². The molecule has 0 aliphatic heterocycles. The van der Waals surface area contributed by atoms with Crippen LogP contribution in [0, 0.1) is 6.92 Å². The van der Waals surface area contributed by atoms with Gasteiger partial charge >= 0.3 is 6.18 Å². The van der Waals surface area contributed by atoms with E-state index in [-0.39, 0.29) is 5.69 Å². The maximum Gasteiger partial charge on any atom is 0.416 e. The highest BCUT2D eigenvalue weighted by Crippen LogP contribution is 2.35. The van der Waals surface area contributed by atoms with Crippen LogP contribution in [0.5, 0.6) is 0 Å². The zero-order valence-electron chi connectivity index (χ0n) is 10.7. The van der Waals surface area contributed by atoms with Crippen molar-refractivity contribution in [3.05, 3.63) is 53.3 Å². The first-order chi connectivity index (χ1) is 9.36. The van der Waals surface area contributed by atoms with Gasteiger partial charge in [0, 0.05) is 28.7 Å². The number of anilines is 1. The number of nitrogen functional groups attached to an aromatic ring is 1. The quantitative estimate of drug-likeness (QED) is 0.679. The number of alkyl halides is 3. The monoisotopic (exact) mass is 298 g/mol. The average molecular weight is 298 g/mol. The van der Waals surface area contributed by atoms with Crippen molar-refractivity contribution in [3.8, 4) is 0 Å². The van der Waals surface area contributed by atoms with Crippen molar-refractivity contribution in [2.24, 2.45) is 0 Å². The van der Waals surface area contributed by atoms with Crippen molar-refractivity contribution in [1.29, 1.82) is 0 Å². The van der Waals surface area contributed by atoms with Crippen molar-refractivity contribution in [2.45, 2.75) is 23.7 Å². The number of benzene rings is 1. The lowest BCUT2D eigenvalue weighted by Crippen LogP contribution is -2.05. The van der Waals surface area contributed by atoms with Gasteiger partial charge in [0.2, 0.25) is 0 Å². The Morgan fingerprint density at radius 3 is 2.55 bits per heavy atom. The first kappa shape index (κ1) is 14.7. The summed E-state index contributed by atoms with van der Waals surface area (Å²) in [4.78, 5) is 4.71. The van der Waals surface area contributed by atoms with Crippen molar-refractivity contribution >= 4 is 17.4 Å². The molecule has 2 aromatic rings. The van der Waals surface area contributed by atoms with E-state index < -0.39 is 11.7 Å². The number of pyridine rings is 1. The lowest BCUT2D eigenvalue weighted by Gasteiger charge is -2.10. The first-order valence-electron chi connectivity index (χ1n) is 5.86. The van der Waals surface area contributed by atoms with Crippen LogP contribution in [-0.4, -0.2) is 4.98 Å². The number of hydrogen-bond donors (Lipinski definition) is 1. The molecular weight excluding hydrogens is 285 g/mol. The van der Waals surface area contributed by atoms with Gasteiger partial charge in [0.15, 0.2) is 0 Å². The van der Waals surface area contributed by atoms with Gasteiger partial charge in [-0.15, -0.1) is 11.8 Å². The van der Waals surface area contributed by atoms with E-state index in [1.807, 2.05) is 13.0 Å². The Hall–Kier alpha value is -1.69. The molecule has 0 amide bonds. The van der Waals surface area contributed by atoms with E-state index in [4.69, 9.17) is 5.73 Å². The minimum atomic E-state index is -4.36. The van der Waals surface area contributed by atoms with E-state index in [9.17, 15) is 13.2 Å². The van der Waals surface area contributed by atoms with Gasteiger partial charge in [0.05, 0.1) is 5.56 Å². The Morgan fingerprint density at radius 2 is 1.95 bits per heavy atom. The maximum absolute atomic E-state index is 12.5. The van der Waals surface area contributed by atoms with Gasteiger partial charge in [-0.25, -0.2) is 0 Å². The summed E-state index contributed by atoms with van der Waals surface area (Å²) >= 11 is 1.40. The smallest absolute Gasteiger partial charge is 0.398 e. The second-order valence-electron chi connectivity index (χ2n) is 4.41. The maximum atomic E-state index is 12.5. The average Bonchev–Trinajstić information content (AvgIpc) is 2.36. The number of aromatic nitrogens is 1. The first-order valence-corrected chi connectivity index (χ1v) is 6.85. The molecule has 106 valence electrons. The predicted molar refractivity (Wildman–Crippen MR) is 74.4 cm³/mol. The van der Waals surface area contributed by atoms with E-state index >= 15 is 0 Å². The minimum absolute atomic E-state index is 0.144. The van der Waals surface area contributed by atoms with Crippen LogP contribution < -0.4 is 5.73 Å². The number of hydrogen-bond acceptors (Lipinski definition) is 3. The zero-order valence-corrected chi connectivity index (χ0v) is 11.6. The summed E-state index contributed by atoms with van der Waals surface area (Å²) in [5.41, 5.74) is 7.15. The minimum Gasteiger partial charge on any atom is -0.398 e. The van der Waals surface area contributed by atoms with Crippen LogP contribution in [0.1, 0.15) is 16.7 Å². The molecule has 0 bridgehead atoms. The van der Waals surface area contributed by atoms with Gasteiger partial charge in [0.1, 0.15) is 0 Å². The number of halogens is 3. The fraction of sp³-hybridized carbons (Fsp3) is 0.214. The standard InChI is InChI=1S/C14H13F3N2S/c1-9-4-10(7-19-6-9)8-20-13-3-2-11(5-12(13)18)14(15,16)17/h2-7H,8,18H2,1H3. The van der Waals surface area contributed by atoms with Gasteiger partial charge in [-0.05, 0) is 36.2 Å². The molecule has 0 saturated carbocycles. The highest BCUT2D eigenvalue weighted by Gasteiger charge is 2.30. The molecule has 6 heteroatoms. The van der Waals surface area contributed by atoms with E-state index in [0.717, 1.165) is 23.3 Å². The largest absolute Gasteiger partial charge is 0.416 e. The molecule has 2 rings (SSSR count). The SMILES string of the molecule is Cc1cncc(CSc2ccc(C(F)(F)F)cc2N)c1. The fourth-order valence-electron chi connectivity index (χ4n) is 1.71. The second-order valence-corrected chi connectivity index (χ2v) is 5.43. The van der Waals surface area contributed by atoms with Crippen LogP contribution >= 0.6 is 11.8 Å². The molecule has 0 spiro atoms. The molecule has 0 aliphatic carbocycles. The molecule has 0 radical (unpaired) electrons. The van der Waals surface area contributed by atoms with Gasteiger partial charge in [0.25, 0.3) is 0 Å². The van der Waals surface area contributed by atoms with E-state index in [1.54, 1.807) is 12.4 Å². The van der Waals surface area contributed by atoms with Crippen LogP contribution in [0.3, 0.4) is 0 Å². The van der Waals surface area contributed by atoms with Gasteiger partial charge in [-0.2, -0.15) is 13.2 Å². The lowest BCUT2D eigenvalue weighted by atomic mass is 10.2. The number of rotatable bonds is 3. The van der Waals surface area contributed by atoms with Gasteiger partial charge in [-0.1, -0.05) is 6.07 Å². The number of aryl methyl sites for hydroxylation is 1. The lowest BCUT2D eigenvalue weighted by molar-refractivity contribution is -0.137. The highest BCUT2D eigenvalue weighted by molar-refractivity contribution is 7.98. The second kappa shape index (κ2) is 5.75. The molecule has 20 heavy (non-hydrogen) atoms. The van der Waals surface area contributed by atoms with Crippen LogP contribution in [-0.2, 0) is 11.9 Å². The molecule has 0 atom stereocenters. The zero-order chi connectivity index (χ0) is 14.8. The summed E-state index contributed by atoms with van der Waals surface area (Å²) in [5, 5.41) is 0. The fourth-order valence-corrected chi connectivity index (χ4v) is 2.58. The molecule has 0 saturated heterocycles. The van der Waals surface area contributed by atoms with Crippen LogP contribution in [0.4, 0.5) is 18.9 Å². The molecular formula is C14H13F3N2S. The molecule has 1 aromatic carbocycles. The third-order valence-electron chi connectivity index (χ3n) is 2.66. The summed E-state index contributed by atoms with van der Waals surface area (Å²) in [6, 6.07) is 5.41. The molecule has 0 aliphatic rings. The predicted octanol–water partition coefficient (Wildman–Crippen LogP) is 4.28. The van der Waals surface area contributed by atoms with Crippen molar-refractivity contribution in [2.75, 3.05) is 5.73 Å². The topological polar surface area (TPSA) is 38.9 Å². The highest BCUT2D eigenvalue weighted by atomic mass is 32.2. The molecule has 0 fully saturated rings. The molecule has 1 aromatic heterocycles. The molecule has 2 nitrogen and oxygen atoms in total. The van der Waals surface area contributed by atoms with Crippen LogP contribution in [0.15, 0.2) is 41.6 Å². The van der Waals surface area contributed by atoms with Crippen molar-refractivity contribution in [3.63, 3.8) is 0 Å². The third kappa shape index (κ3) is 3.66. The summed E-state index contributed by atoms with van der Waals surface area (Å²) < 4.78 is 37.6. The summed E-state index contributed by atoms with van der Waals surface area (Å²) in [6.07, 6.45) is -0.876. The van der Waals surface area contributed by atoms with Crippen LogP contribution in [0.25, 0.3) is 0 Å². The summed E-state index contributed by atoms with van der Waals surface area (Å²) in [6.45, 7) is 1.94. The molecule has 1 heterocycles.